The smallest absolute Gasteiger partial charge is 0.123 e. The van der Waals surface area contributed by atoms with E-state index in [4.69, 9.17) is 4.74 Å². The van der Waals surface area contributed by atoms with E-state index >= 15 is 0 Å². The van der Waals surface area contributed by atoms with Crippen LogP contribution in [0.1, 0.15) is 42.8 Å². The maximum atomic E-state index is 5.90. The summed E-state index contributed by atoms with van der Waals surface area (Å²) in [7, 11) is 0. The molecular weight excluding hydrogens is 268 g/mol. The molecule has 1 aliphatic rings. The van der Waals surface area contributed by atoms with Crippen LogP contribution < -0.4 is 10.1 Å². The Morgan fingerprint density at radius 1 is 1.45 bits per heavy atom. The first kappa shape index (κ1) is 13.6. The van der Waals surface area contributed by atoms with Crippen LogP contribution in [0.4, 0.5) is 0 Å². The molecule has 1 aliphatic carbocycles. The Morgan fingerprint density at radius 3 is 3.05 bits per heavy atom. The van der Waals surface area contributed by atoms with Crippen LogP contribution in [0.25, 0.3) is 0 Å². The molecule has 106 valence electrons. The average molecular weight is 288 g/mol. The third-order valence-electron chi connectivity index (χ3n) is 3.70. The highest BCUT2D eigenvalue weighted by Crippen LogP contribution is 2.25. The van der Waals surface area contributed by atoms with Crippen LogP contribution in [0.15, 0.2) is 35.8 Å². The fraction of sp³-hybridized carbons (Fsp3) is 0.438. The summed E-state index contributed by atoms with van der Waals surface area (Å²) in [6.45, 7) is 2.95. The molecule has 1 saturated carbocycles. The largest absolute Gasteiger partial charge is 0.490 e. The third-order valence-corrected chi connectivity index (χ3v) is 4.76. The van der Waals surface area contributed by atoms with E-state index in [1.54, 1.807) is 11.3 Å². The number of hydrogen-bond donors (Lipinski definition) is 1. The Hall–Kier alpha value is -1.39. The third kappa shape index (κ3) is 3.38. The van der Waals surface area contributed by atoms with Gasteiger partial charge >= 0.3 is 0 Å². The van der Waals surface area contributed by atoms with Gasteiger partial charge in [0.2, 0.25) is 0 Å². The zero-order valence-corrected chi connectivity index (χ0v) is 12.5. The van der Waals surface area contributed by atoms with E-state index in [1.165, 1.54) is 24.1 Å². The van der Waals surface area contributed by atoms with E-state index in [0.29, 0.717) is 12.1 Å². The van der Waals surface area contributed by atoms with Crippen LogP contribution >= 0.6 is 11.3 Å². The number of aromatic nitrogens is 1. The molecule has 3 rings (SSSR count). The number of hydrogen-bond acceptors (Lipinski definition) is 4. The van der Waals surface area contributed by atoms with Crippen molar-refractivity contribution in [2.45, 2.75) is 44.9 Å². The molecule has 0 spiro atoms. The van der Waals surface area contributed by atoms with E-state index in [2.05, 4.69) is 34.7 Å². The van der Waals surface area contributed by atoms with Gasteiger partial charge in [-0.1, -0.05) is 6.07 Å². The fourth-order valence-electron chi connectivity index (χ4n) is 2.20. The van der Waals surface area contributed by atoms with Crippen LogP contribution in [0.2, 0.25) is 0 Å². The summed E-state index contributed by atoms with van der Waals surface area (Å²) < 4.78 is 5.90. The number of ether oxygens (including phenoxy) is 1. The highest BCUT2D eigenvalue weighted by molar-refractivity contribution is 7.10. The van der Waals surface area contributed by atoms with Crippen LogP contribution in [-0.2, 0) is 6.54 Å². The lowest BCUT2D eigenvalue weighted by atomic mass is 9.96. The summed E-state index contributed by atoms with van der Waals surface area (Å²) >= 11 is 1.78. The zero-order chi connectivity index (χ0) is 13.8. The van der Waals surface area contributed by atoms with Crippen molar-refractivity contribution in [3.8, 4) is 5.75 Å². The van der Waals surface area contributed by atoms with E-state index < -0.39 is 0 Å². The van der Waals surface area contributed by atoms with Crippen LogP contribution in [0.3, 0.4) is 0 Å². The molecule has 4 heteroatoms. The average Bonchev–Trinajstić information content (AvgIpc) is 2.95. The van der Waals surface area contributed by atoms with Gasteiger partial charge in [0.15, 0.2) is 0 Å². The molecule has 0 aromatic carbocycles. The summed E-state index contributed by atoms with van der Waals surface area (Å²) in [4.78, 5) is 5.76. The Labute approximate surface area is 124 Å². The lowest BCUT2D eigenvalue weighted by molar-refractivity contribution is 0.120. The molecule has 0 amide bonds. The lowest BCUT2D eigenvalue weighted by Gasteiger charge is -2.26. The highest BCUT2D eigenvalue weighted by Gasteiger charge is 2.19. The first-order valence-electron chi connectivity index (χ1n) is 7.19. The second kappa shape index (κ2) is 6.37. The molecule has 0 radical (unpaired) electrons. The minimum Gasteiger partial charge on any atom is -0.490 e. The van der Waals surface area contributed by atoms with E-state index in [9.17, 15) is 0 Å². The topological polar surface area (TPSA) is 34.1 Å². The van der Waals surface area contributed by atoms with Crippen molar-refractivity contribution >= 4 is 11.3 Å². The molecule has 2 aromatic rings. The van der Waals surface area contributed by atoms with Gasteiger partial charge in [-0.3, -0.25) is 4.98 Å². The minimum absolute atomic E-state index is 0.355. The molecule has 0 saturated heterocycles. The van der Waals surface area contributed by atoms with Crippen molar-refractivity contribution < 1.29 is 4.74 Å². The summed E-state index contributed by atoms with van der Waals surface area (Å²) in [5.41, 5.74) is 1.03. The molecule has 1 unspecified atom stereocenters. The van der Waals surface area contributed by atoms with Crippen LogP contribution in [0.5, 0.6) is 5.75 Å². The van der Waals surface area contributed by atoms with Crippen molar-refractivity contribution in [3.63, 3.8) is 0 Å². The van der Waals surface area contributed by atoms with Gasteiger partial charge in [-0.15, -0.1) is 11.3 Å². The lowest BCUT2D eigenvalue weighted by Crippen LogP contribution is -2.24. The van der Waals surface area contributed by atoms with Crippen molar-refractivity contribution in [1.82, 2.24) is 10.3 Å². The molecular formula is C16H20N2OS. The molecule has 0 aliphatic heterocycles. The monoisotopic (exact) mass is 288 g/mol. The molecule has 1 N–H and O–H groups in total. The Kier molecular flexibility index (Phi) is 4.33. The van der Waals surface area contributed by atoms with Gasteiger partial charge in [0.25, 0.3) is 0 Å². The fourth-order valence-corrected chi connectivity index (χ4v) is 2.96. The predicted octanol–water partition coefficient (Wildman–Crippen LogP) is 3.93. The van der Waals surface area contributed by atoms with Crippen LogP contribution in [0, 0.1) is 0 Å². The second-order valence-corrected chi connectivity index (χ2v) is 6.25. The number of pyridine rings is 1. The Bertz CT molecular complexity index is 537. The van der Waals surface area contributed by atoms with Crippen molar-refractivity contribution in [1.29, 1.82) is 0 Å². The number of thiophene rings is 1. The van der Waals surface area contributed by atoms with Crippen LogP contribution in [-0.4, -0.2) is 11.1 Å². The first-order valence-corrected chi connectivity index (χ1v) is 8.07. The summed E-state index contributed by atoms with van der Waals surface area (Å²) in [5, 5.41) is 5.61. The van der Waals surface area contributed by atoms with Gasteiger partial charge in [0.1, 0.15) is 5.75 Å². The minimum atomic E-state index is 0.355. The first-order chi connectivity index (χ1) is 9.81. The zero-order valence-electron chi connectivity index (χ0n) is 11.7. The number of nitrogens with zero attached hydrogens (tertiary/aromatic N) is 1. The van der Waals surface area contributed by atoms with E-state index in [0.717, 1.165) is 18.0 Å². The quantitative estimate of drug-likeness (QED) is 0.874. The van der Waals surface area contributed by atoms with Gasteiger partial charge < -0.3 is 10.1 Å². The van der Waals surface area contributed by atoms with E-state index in [1.807, 2.05) is 18.3 Å². The maximum absolute atomic E-state index is 5.90. The number of rotatable bonds is 6. The van der Waals surface area contributed by atoms with Crippen molar-refractivity contribution in [3.05, 3.63) is 46.4 Å². The summed E-state index contributed by atoms with van der Waals surface area (Å²) in [6, 6.07) is 8.60. The predicted molar refractivity (Wildman–Crippen MR) is 82.1 cm³/mol. The van der Waals surface area contributed by atoms with Gasteiger partial charge in [0.05, 0.1) is 11.8 Å². The summed E-state index contributed by atoms with van der Waals surface area (Å²) in [5.74, 6) is 0.949. The van der Waals surface area contributed by atoms with Crippen molar-refractivity contribution in [2.24, 2.45) is 0 Å². The molecule has 0 bridgehead atoms. The van der Waals surface area contributed by atoms with E-state index in [-0.39, 0.29) is 0 Å². The van der Waals surface area contributed by atoms with Crippen molar-refractivity contribution in [2.75, 3.05) is 0 Å². The standard InChI is InChI=1S/C16H20N2OS/c1-12(16-6-3-9-20-16)18-11-13-10-15(7-8-17-13)19-14-4-2-5-14/h3,6-10,12,14,18H,2,4-5,11H2,1H3. The van der Waals surface area contributed by atoms with Gasteiger partial charge in [0, 0.05) is 29.7 Å². The normalized spacial score (nSPS) is 16.6. The number of nitrogens with one attached hydrogen (secondary N) is 1. The molecule has 2 heterocycles. The maximum Gasteiger partial charge on any atom is 0.123 e. The van der Waals surface area contributed by atoms with Gasteiger partial charge in [-0.2, -0.15) is 0 Å². The molecule has 1 atom stereocenters. The molecule has 1 fully saturated rings. The molecule has 3 nitrogen and oxygen atoms in total. The Morgan fingerprint density at radius 2 is 2.35 bits per heavy atom. The molecule has 20 heavy (non-hydrogen) atoms. The highest BCUT2D eigenvalue weighted by atomic mass is 32.1. The second-order valence-electron chi connectivity index (χ2n) is 5.27. The van der Waals surface area contributed by atoms with Gasteiger partial charge in [-0.25, -0.2) is 0 Å². The SMILES string of the molecule is CC(NCc1cc(OC2CCC2)ccn1)c1cccs1. The summed E-state index contributed by atoms with van der Waals surface area (Å²) in [6.07, 6.45) is 5.92. The van der Waals surface area contributed by atoms with Gasteiger partial charge in [-0.05, 0) is 43.7 Å². The Balaban J connectivity index is 1.55. The molecule has 2 aromatic heterocycles.